The van der Waals surface area contributed by atoms with Gasteiger partial charge in [-0.15, -0.1) is 0 Å². The van der Waals surface area contributed by atoms with E-state index in [0.29, 0.717) is 21.8 Å². The molecule has 0 spiro atoms. The molecule has 1 aliphatic heterocycles. The number of aliphatic carboxylic acids is 1. The molecule has 2 aromatic rings. The third-order valence-corrected chi connectivity index (χ3v) is 5.01. The number of rotatable bonds is 4. The second kappa shape index (κ2) is 7.15. The van der Waals surface area contributed by atoms with E-state index in [9.17, 15) is 19.8 Å². The van der Waals surface area contributed by atoms with Crippen molar-refractivity contribution in [1.29, 1.82) is 0 Å². The average Bonchev–Trinajstić information content (AvgIpc) is 2.57. The normalized spacial score (nSPS) is 19.1. The predicted molar refractivity (Wildman–Crippen MR) is 98.7 cm³/mol. The zero-order valence-electron chi connectivity index (χ0n) is 13.5. The molecule has 0 saturated heterocycles. The Balaban J connectivity index is 2.00. The van der Waals surface area contributed by atoms with Crippen LogP contribution in [-0.2, 0) is 16.0 Å². The lowest BCUT2D eigenvalue weighted by atomic mass is 9.81. The highest BCUT2D eigenvalue weighted by Crippen LogP contribution is 2.43. The predicted octanol–water partition coefficient (Wildman–Crippen LogP) is 3.13. The van der Waals surface area contributed by atoms with Gasteiger partial charge in [0.15, 0.2) is 0 Å². The Morgan fingerprint density at radius 2 is 1.85 bits per heavy atom. The van der Waals surface area contributed by atoms with Crippen LogP contribution in [-0.4, -0.2) is 28.0 Å². The molecule has 6 nitrogen and oxygen atoms in total. The molecule has 2 atom stereocenters. The molecule has 8 heteroatoms. The van der Waals surface area contributed by atoms with Crippen LogP contribution in [0.5, 0.6) is 5.75 Å². The zero-order valence-corrected chi connectivity index (χ0v) is 15.0. The third-order valence-electron chi connectivity index (χ3n) is 4.48. The molecule has 0 radical (unpaired) electrons. The number of ketones is 1. The molecular formula is C18H16Cl2N2O4. The third kappa shape index (κ3) is 3.49. The summed E-state index contributed by atoms with van der Waals surface area (Å²) < 4.78 is 0. The number of fused-ring (bicyclic) bond motifs is 1. The number of nitrogens with two attached hydrogens (primary N) is 1. The number of halogens is 2. The minimum Gasteiger partial charge on any atom is -0.508 e. The standard InChI is InChI=1S/C18H16Cl2N2O4/c19-10-6-13(20)17-12(8-15(18(25)26)22(21)14(17)7-10)16(24)5-9-1-3-11(23)4-2-9/h1-4,6-7,12,15,23H,5,8,21H2,(H,25,26)/t12-,15-/m1/s1. The van der Waals surface area contributed by atoms with Gasteiger partial charge in [0.05, 0.1) is 5.69 Å². The van der Waals surface area contributed by atoms with Crippen LogP contribution in [0.4, 0.5) is 5.69 Å². The molecule has 2 aromatic carbocycles. The number of anilines is 1. The van der Waals surface area contributed by atoms with Gasteiger partial charge in [-0.05, 0) is 36.2 Å². The summed E-state index contributed by atoms with van der Waals surface area (Å²) in [6.45, 7) is 0. The molecule has 0 aromatic heterocycles. The number of carboxylic acid groups (broad SMARTS) is 1. The second-order valence-corrected chi connectivity index (χ2v) is 7.02. The number of hydrogen-bond donors (Lipinski definition) is 3. The first-order chi connectivity index (χ1) is 12.3. The molecule has 0 bridgehead atoms. The molecule has 136 valence electrons. The number of nitrogens with zero attached hydrogens (tertiary/aromatic N) is 1. The fraction of sp³-hybridized carbons (Fsp3) is 0.222. The number of phenolic OH excluding ortho intramolecular Hbond substituents is 1. The highest BCUT2D eigenvalue weighted by molar-refractivity contribution is 6.36. The van der Waals surface area contributed by atoms with E-state index in [1.165, 1.54) is 24.3 Å². The maximum absolute atomic E-state index is 12.9. The van der Waals surface area contributed by atoms with Gasteiger partial charge in [0.2, 0.25) is 0 Å². The van der Waals surface area contributed by atoms with Gasteiger partial charge in [-0.1, -0.05) is 35.3 Å². The molecule has 1 heterocycles. The smallest absolute Gasteiger partial charge is 0.327 e. The van der Waals surface area contributed by atoms with E-state index in [2.05, 4.69) is 0 Å². The average molecular weight is 395 g/mol. The molecule has 0 unspecified atom stereocenters. The van der Waals surface area contributed by atoms with Crippen LogP contribution >= 0.6 is 23.2 Å². The summed E-state index contributed by atoms with van der Waals surface area (Å²) in [6.07, 6.45) is 0.0946. The lowest BCUT2D eigenvalue weighted by molar-refractivity contribution is -0.139. The number of Topliss-reactive ketones (excluding diaryl/α,β-unsaturated/α-hetero) is 1. The number of carbonyl (C=O) groups is 2. The number of aromatic hydroxyl groups is 1. The molecule has 0 saturated carbocycles. The summed E-state index contributed by atoms with van der Waals surface area (Å²) in [5.74, 6) is 4.03. The van der Waals surface area contributed by atoms with Gasteiger partial charge in [-0.3, -0.25) is 9.80 Å². The lowest BCUT2D eigenvalue weighted by Crippen LogP contribution is -2.51. The monoisotopic (exact) mass is 394 g/mol. The lowest BCUT2D eigenvalue weighted by Gasteiger charge is -2.37. The van der Waals surface area contributed by atoms with Crippen molar-refractivity contribution in [3.05, 3.63) is 57.6 Å². The van der Waals surface area contributed by atoms with E-state index in [0.717, 1.165) is 5.01 Å². The summed E-state index contributed by atoms with van der Waals surface area (Å²) in [6, 6.07) is 8.23. The van der Waals surface area contributed by atoms with Crippen LogP contribution < -0.4 is 10.9 Å². The summed E-state index contributed by atoms with van der Waals surface area (Å²) >= 11 is 12.3. The first kappa shape index (κ1) is 18.5. The van der Waals surface area contributed by atoms with Crippen LogP contribution in [0.1, 0.15) is 23.5 Å². The van der Waals surface area contributed by atoms with Crippen LogP contribution in [0.15, 0.2) is 36.4 Å². The van der Waals surface area contributed by atoms with Crippen molar-refractivity contribution in [2.75, 3.05) is 5.01 Å². The Kier molecular flexibility index (Phi) is 5.09. The van der Waals surface area contributed by atoms with Crippen molar-refractivity contribution in [3.8, 4) is 5.75 Å². The van der Waals surface area contributed by atoms with Crippen LogP contribution in [0.3, 0.4) is 0 Å². The minimum absolute atomic E-state index is 0.0110. The second-order valence-electron chi connectivity index (χ2n) is 6.18. The topological polar surface area (TPSA) is 104 Å². The summed E-state index contributed by atoms with van der Waals surface area (Å²) in [5, 5.41) is 20.5. The van der Waals surface area contributed by atoms with E-state index in [1.54, 1.807) is 12.1 Å². The SMILES string of the molecule is NN1c2cc(Cl)cc(Cl)c2[C@@H](C(=O)Cc2ccc(O)cc2)C[C@@H]1C(=O)O. The fourth-order valence-corrected chi connectivity index (χ4v) is 3.82. The molecule has 0 fully saturated rings. The zero-order chi connectivity index (χ0) is 19.0. The van der Waals surface area contributed by atoms with Crippen molar-refractivity contribution >= 4 is 40.6 Å². The molecular weight excluding hydrogens is 379 g/mol. The van der Waals surface area contributed by atoms with Crippen LogP contribution in [0, 0.1) is 0 Å². The summed E-state index contributed by atoms with van der Waals surface area (Å²) in [4.78, 5) is 24.5. The quantitative estimate of drug-likeness (QED) is 0.688. The van der Waals surface area contributed by atoms with E-state index in [-0.39, 0.29) is 29.4 Å². The first-order valence-corrected chi connectivity index (χ1v) is 8.60. The molecule has 4 N–H and O–H groups in total. The van der Waals surface area contributed by atoms with E-state index < -0.39 is 17.9 Å². The van der Waals surface area contributed by atoms with Gasteiger partial charge in [-0.25, -0.2) is 10.6 Å². The largest absolute Gasteiger partial charge is 0.508 e. The van der Waals surface area contributed by atoms with Gasteiger partial charge in [0.25, 0.3) is 0 Å². The van der Waals surface area contributed by atoms with Crippen LogP contribution in [0.25, 0.3) is 0 Å². The number of carboxylic acids is 1. The van der Waals surface area contributed by atoms with Crippen molar-refractivity contribution in [1.82, 2.24) is 0 Å². The molecule has 0 aliphatic carbocycles. The minimum atomic E-state index is -1.13. The number of hydrazine groups is 1. The summed E-state index contributed by atoms with van der Waals surface area (Å²) in [7, 11) is 0. The maximum atomic E-state index is 12.9. The fourth-order valence-electron chi connectivity index (χ4n) is 3.20. The van der Waals surface area contributed by atoms with Gasteiger partial charge in [0, 0.05) is 27.9 Å². The van der Waals surface area contributed by atoms with Gasteiger partial charge >= 0.3 is 5.97 Å². The first-order valence-electron chi connectivity index (χ1n) is 7.84. The highest BCUT2D eigenvalue weighted by Gasteiger charge is 2.40. The summed E-state index contributed by atoms with van der Waals surface area (Å²) in [5.41, 5.74) is 1.53. The van der Waals surface area contributed by atoms with Crippen molar-refractivity contribution in [3.63, 3.8) is 0 Å². The molecule has 1 aliphatic rings. The number of hydrogen-bond acceptors (Lipinski definition) is 5. The van der Waals surface area contributed by atoms with E-state index in [4.69, 9.17) is 29.0 Å². The molecule has 3 rings (SSSR count). The van der Waals surface area contributed by atoms with E-state index >= 15 is 0 Å². The van der Waals surface area contributed by atoms with Crippen molar-refractivity contribution in [2.45, 2.75) is 24.8 Å². The number of phenols is 1. The molecule has 26 heavy (non-hydrogen) atoms. The molecule has 0 amide bonds. The Labute approximate surface area is 159 Å². The van der Waals surface area contributed by atoms with Crippen molar-refractivity contribution < 1.29 is 19.8 Å². The van der Waals surface area contributed by atoms with Crippen LogP contribution in [0.2, 0.25) is 10.0 Å². The van der Waals surface area contributed by atoms with Crippen molar-refractivity contribution in [2.24, 2.45) is 5.84 Å². The van der Waals surface area contributed by atoms with Gasteiger partial charge < -0.3 is 10.2 Å². The Bertz CT molecular complexity index is 870. The maximum Gasteiger partial charge on any atom is 0.327 e. The highest BCUT2D eigenvalue weighted by atomic mass is 35.5. The number of benzene rings is 2. The Morgan fingerprint density at radius 1 is 1.19 bits per heavy atom. The van der Waals surface area contributed by atoms with E-state index in [1.807, 2.05) is 0 Å². The Hall–Kier alpha value is -2.28. The van der Waals surface area contributed by atoms with Gasteiger partial charge in [-0.2, -0.15) is 0 Å². The van der Waals surface area contributed by atoms with Gasteiger partial charge in [0.1, 0.15) is 17.6 Å². The number of carbonyl (C=O) groups excluding carboxylic acids is 1. The Morgan fingerprint density at radius 3 is 2.46 bits per heavy atom.